The average Bonchev–Trinajstić information content (AvgIpc) is 3.58. The number of methoxy groups -OCH3 is 1. The van der Waals surface area contributed by atoms with Crippen molar-refractivity contribution in [1.29, 1.82) is 0 Å². The molecule has 0 saturated carbocycles. The van der Waals surface area contributed by atoms with Gasteiger partial charge in [-0.25, -0.2) is 9.97 Å². The standard InChI is InChI=1S/C26H26N4O4S2/c1-16(31)17-6-3-8-19(12-17)34-20-14-23(35-21-9-4-7-18(13-21)32-2)25(27-15-20)29-26-28-24(30-36-26)22-10-5-11-33-22/h3-4,6-9,12-16,22,31H,5,10-11H2,1-2H3,(H,27,28,29,30). The number of nitrogens with zero attached hydrogens (tertiary/aromatic N) is 3. The van der Waals surface area contributed by atoms with E-state index in [0.29, 0.717) is 28.3 Å². The van der Waals surface area contributed by atoms with E-state index in [2.05, 4.69) is 19.7 Å². The largest absolute Gasteiger partial charge is 0.497 e. The lowest BCUT2D eigenvalue weighted by Crippen LogP contribution is -2.00. The molecule has 1 aliphatic rings. The maximum absolute atomic E-state index is 9.91. The van der Waals surface area contributed by atoms with Crippen molar-refractivity contribution in [2.75, 3.05) is 19.0 Å². The van der Waals surface area contributed by atoms with Crippen LogP contribution in [0.3, 0.4) is 0 Å². The molecule has 1 fully saturated rings. The van der Waals surface area contributed by atoms with Crippen molar-refractivity contribution in [2.45, 2.75) is 41.8 Å². The van der Waals surface area contributed by atoms with Gasteiger partial charge < -0.3 is 24.6 Å². The minimum absolute atomic E-state index is 0.0384. The van der Waals surface area contributed by atoms with E-state index >= 15 is 0 Å². The highest BCUT2D eigenvalue weighted by molar-refractivity contribution is 7.99. The number of hydrogen-bond acceptors (Lipinski definition) is 10. The predicted molar refractivity (Wildman–Crippen MR) is 140 cm³/mol. The first-order chi connectivity index (χ1) is 17.6. The fourth-order valence-electron chi connectivity index (χ4n) is 3.72. The van der Waals surface area contributed by atoms with Crippen LogP contribution in [0.4, 0.5) is 10.9 Å². The van der Waals surface area contributed by atoms with Crippen LogP contribution in [0.25, 0.3) is 0 Å². The van der Waals surface area contributed by atoms with Crippen LogP contribution < -0.4 is 14.8 Å². The van der Waals surface area contributed by atoms with Crippen LogP contribution in [-0.2, 0) is 4.74 Å². The van der Waals surface area contributed by atoms with Crippen LogP contribution in [-0.4, -0.2) is 33.2 Å². The van der Waals surface area contributed by atoms with Gasteiger partial charge in [-0.2, -0.15) is 4.37 Å². The molecule has 0 amide bonds. The monoisotopic (exact) mass is 522 g/mol. The number of ether oxygens (including phenoxy) is 3. The first kappa shape index (κ1) is 24.5. The van der Waals surface area contributed by atoms with E-state index in [0.717, 1.165) is 40.6 Å². The molecule has 0 bridgehead atoms. The predicted octanol–water partition coefficient (Wildman–Crippen LogP) is 6.53. The molecular weight excluding hydrogens is 496 g/mol. The fraction of sp³-hybridized carbons (Fsp3) is 0.269. The van der Waals surface area contributed by atoms with Gasteiger partial charge in [-0.1, -0.05) is 30.0 Å². The second-order valence-electron chi connectivity index (χ2n) is 8.23. The Bertz CT molecular complexity index is 1320. The third-order valence-corrected chi connectivity index (χ3v) is 7.22. The molecule has 8 nitrogen and oxygen atoms in total. The van der Waals surface area contributed by atoms with E-state index in [4.69, 9.17) is 14.2 Å². The van der Waals surface area contributed by atoms with Gasteiger partial charge >= 0.3 is 0 Å². The van der Waals surface area contributed by atoms with Crippen LogP contribution in [0.1, 0.15) is 43.4 Å². The van der Waals surface area contributed by atoms with Gasteiger partial charge in [0.2, 0.25) is 5.13 Å². The van der Waals surface area contributed by atoms with Gasteiger partial charge in [-0.3, -0.25) is 0 Å². The molecule has 2 aromatic carbocycles. The Balaban J connectivity index is 1.42. The van der Waals surface area contributed by atoms with Gasteiger partial charge in [0.1, 0.15) is 29.2 Å². The summed E-state index contributed by atoms with van der Waals surface area (Å²) in [6.07, 6.45) is 3.01. The Morgan fingerprint density at radius 3 is 2.81 bits per heavy atom. The van der Waals surface area contributed by atoms with Crippen molar-refractivity contribution in [3.63, 3.8) is 0 Å². The van der Waals surface area contributed by atoms with E-state index in [1.807, 2.05) is 54.6 Å². The second kappa shape index (κ2) is 11.3. The second-order valence-corrected chi connectivity index (χ2v) is 10.1. The van der Waals surface area contributed by atoms with E-state index in [-0.39, 0.29) is 6.10 Å². The maximum atomic E-state index is 9.91. The molecule has 2 N–H and O–H groups in total. The first-order valence-corrected chi connectivity index (χ1v) is 13.2. The lowest BCUT2D eigenvalue weighted by atomic mass is 10.1. The molecule has 5 rings (SSSR count). The van der Waals surface area contributed by atoms with Crippen LogP contribution in [0.5, 0.6) is 17.2 Å². The normalized spacial score (nSPS) is 16.0. The van der Waals surface area contributed by atoms with Gasteiger partial charge in [0.25, 0.3) is 0 Å². The zero-order valence-corrected chi connectivity index (χ0v) is 21.5. The summed E-state index contributed by atoms with van der Waals surface area (Å²) >= 11 is 2.82. The van der Waals surface area contributed by atoms with Crippen molar-refractivity contribution in [3.05, 3.63) is 72.2 Å². The molecule has 0 radical (unpaired) electrons. The third kappa shape index (κ3) is 5.96. The quantitative estimate of drug-likeness (QED) is 0.254. The zero-order valence-electron chi connectivity index (χ0n) is 19.9. The molecule has 1 aliphatic heterocycles. The Labute approximate surface area is 217 Å². The van der Waals surface area contributed by atoms with Gasteiger partial charge in [0.15, 0.2) is 5.82 Å². The van der Waals surface area contributed by atoms with E-state index in [1.165, 1.54) is 23.3 Å². The molecule has 0 aliphatic carbocycles. The van der Waals surface area contributed by atoms with Crippen molar-refractivity contribution < 1.29 is 19.3 Å². The summed E-state index contributed by atoms with van der Waals surface area (Å²) in [7, 11) is 1.65. The fourth-order valence-corrected chi connectivity index (χ4v) is 5.28. The number of pyridine rings is 1. The summed E-state index contributed by atoms with van der Waals surface area (Å²) < 4.78 is 21.7. The topological polar surface area (TPSA) is 98.6 Å². The molecule has 36 heavy (non-hydrogen) atoms. The SMILES string of the molecule is COc1cccc(Sc2cc(Oc3cccc(C(C)O)c3)cnc2Nc2nc(C3CCCO3)ns2)c1. The van der Waals surface area contributed by atoms with Crippen molar-refractivity contribution in [1.82, 2.24) is 14.3 Å². The molecule has 3 heterocycles. The first-order valence-electron chi connectivity index (χ1n) is 11.6. The minimum Gasteiger partial charge on any atom is -0.497 e. The van der Waals surface area contributed by atoms with Gasteiger partial charge in [-0.15, -0.1) is 0 Å². The number of aromatic nitrogens is 3. The number of anilines is 2. The molecule has 2 aromatic heterocycles. The third-order valence-electron chi connectivity index (χ3n) is 5.56. The van der Waals surface area contributed by atoms with E-state index in [9.17, 15) is 5.11 Å². The lowest BCUT2D eigenvalue weighted by Gasteiger charge is -2.13. The number of aliphatic hydroxyl groups is 1. The lowest BCUT2D eigenvalue weighted by molar-refractivity contribution is 0.106. The summed E-state index contributed by atoms with van der Waals surface area (Å²) in [5, 5.41) is 13.9. The number of rotatable bonds is 9. The molecule has 186 valence electrons. The smallest absolute Gasteiger partial charge is 0.208 e. The highest BCUT2D eigenvalue weighted by Crippen LogP contribution is 2.39. The number of benzene rings is 2. The minimum atomic E-state index is -0.580. The van der Waals surface area contributed by atoms with Gasteiger partial charge in [-0.05, 0) is 55.7 Å². The summed E-state index contributed by atoms with van der Waals surface area (Å²) in [5.74, 6) is 3.32. The highest BCUT2D eigenvalue weighted by Gasteiger charge is 2.22. The average molecular weight is 523 g/mol. The highest BCUT2D eigenvalue weighted by atomic mass is 32.2. The summed E-state index contributed by atoms with van der Waals surface area (Å²) in [4.78, 5) is 11.1. The van der Waals surface area contributed by atoms with E-state index in [1.54, 1.807) is 20.2 Å². The van der Waals surface area contributed by atoms with Crippen LogP contribution >= 0.6 is 23.3 Å². The van der Waals surface area contributed by atoms with Gasteiger partial charge in [0, 0.05) is 29.1 Å². The molecule has 2 unspecified atom stereocenters. The summed E-state index contributed by atoms with van der Waals surface area (Å²) in [5.41, 5.74) is 0.781. The zero-order chi connectivity index (χ0) is 24.9. The van der Waals surface area contributed by atoms with E-state index < -0.39 is 6.10 Å². The van der Waals surface area contributed by atoms with Crippen LogP contribution in [0.15, 0.2) is 70.6 Å². The molecule has 10 heteroatoms. The molecule has 0 spiro atoms. The number of aliphatic hydroxyl groups excluding tert-OH is 1. The molecule has 4 aromatic rings. The van der Waals surface area contributed by atoms with Crippen molar-refractivity contribution in [2.24, 2.45) is 0 Å². The van der Waals surface area contributed by atoms with Crippen LogP contribution in [0, 0.1) is 0 Å². The maximum Gasteiger partial charge on any atom is 0.208 e. The Morgan fingerprint density at radius 2 is 2.00 bits per heavy atom. The summed E-state index contributed by atoms with van der Waals surface area (Å²) in [6.45, 7) is 2.47. The number of nitrogens with one attached hydrogen (secondary N) is 1. The molecule has 2 atom stereocenters. The summed E-state index contributed by atoms with van der Waals surface area (Å²) in [6, 6.07) is 17.1. The van der Waals surface area contributed by atoms with Crippen molar-refractivity contribution in [3.8, 4) is 17.2 Å². The Hall–Kier alpha value is -3.18. The van der Waals surface area contributed by atoms with Gasteiger partial charge in [0.05, 0.1) is 24.3 Å². The Morgan fingerprint density at radius 1 is 1.14 bits per heavy atom. The molecular formula is C26H26N4O4S2. The number of hydrogen-bond donors (Lipinski definition) is 2. The van der Waals surface area contributed by atoms with Crippen molar-refractivity contribution >= 4 is 34.2 Å². The van der Waals surface area contributed by atoms with Crippen LogP contribution in [0.2, 0.25) is 0 Å². The Kier molecular flexibility index (Phi) is 7.66. The molecule has 1 saturated heterocycles.